The van der Waals surface area contributed by atoms with E-state index in [9.17, 15) is 18.0 Å². The fourth-order valence-electron chi connectivity index (χ4n) is 4.05. The van der Waals surface area contributed by atoms with Crippen LogP contribution in [-0.4, -0.2) is 44.8 Å². The number of rotatable bonds is 10. The summed E-state index contributed by atoms with van der Waals surface area (Å²) >= 11 is 18.6. The van der Waals surface area contributed by atoms with Crippen LogP contribution < -0.4 is 9.62 Å². The van der Waals surface area contributed by atoms with Crippen molar-refractivity contribution in [2.75, 3.05) is 17.9 Å². The molecule has 3 aromatic carbocycles. The number of hydrogen-bond acceptors (Lipinski definition) is 4. The fraction of sp³-hybridized carbons (Fsp3) is 0.259. The van der Waals surface area contributed by atoms with Crippen LogP contribution in [0.2, 0.25) is 15.1 Å². The summed E-state index contributed by atoms with van der Waals surface area (Å²) in [5.41, 5.74) is 1.42. The first-order chi connectivity index (χ1) is 18.0. The number of nitrogens with zero attached hydrogens (tertiary/aromatic N) is 2. The molecule has 0 unspecified atom stereocenters. The highest BCUT2D eigenvalue weighted by atomic mass is 35.5. The quantitative estimate of drug-likeness (QED) is 0.325. The molecule has 0 saturated heterocycles. The first kappa shape index (κ1) is 29.8. The van der Waals surface area contributed by atoms with Crippen LogP contribution in [0.1, 0.15) is 24.5 Å². The van der Waals surface area contributed by atoms with Gasteiger partial charge in [-0.3, -0.25) is 13.9 Å². The minimum atomic E-state index is -4.16. The number of anilines is 1. The maximum Gasteiger partial charge on any atom is 0.264 e. The van der Waals surface area contributed by atoms with Crippen molar-refractivity contribution < 1.29 is 18.0 Å². The summed E-state index contributed by atoms with van der Waals surface area (Å²) in [5.74, 6) is -0.966. The summed E-state index contributed by atoms with van der Waals surface area (Å²) in [4.78, 5) is 28.1. The van der Waals surface area contributed by atoms with E-state index in [1.54, 1.807) is 68.4 Å². The highest BCUT2D eigenvalue weighted by Gasteiger charge is 2.34. The molecule has 1 N–H and O–H groups in total. The lowest BCUT2D eigenvalue weighted by molar-refractivity contribution is -0.140. The van der Waals surface area contributed by atoms with E-state index < -0.39 is 28.5 Å². The third-order valence-electron chi connectivity index (χ3n) is 6.03. The molecule has 0 bridgehead atoms. The van der Waals surface area contributed by atoms with Crippen LogP contribution in [0.15, 0.2) is 71.6 Å². The number of carbonyl (C=O) groups is 2. The molecule has 0 heterocycles. The maximum absolute atomic E-state index is 13.9. The van der Waals surface area contributed by atoms with Crippen LogP contribution in [0, 0.1) is 6.92 Å². The van der Waals surface area contributed by atoms with Gasteiger partial charge in [-0.25, -0.2) is 8.42 Å². The normalized spacial score (nSPS) is 12.1. The monoisotopic (exact) mass is 595 g/mol. The molecule has 0 fully saturated rings. The average molecular weight is 597 g/mol. The number of amides is 2. The van der Waals surface area contributed by atoms with Crippen molar-refractivity contribution in [1.29, 1.82) is 0 Å². The van der Waals surface area contributed by atoms with Crippen molar-refractivity contribution in [2.24, 2.45) is 0 Å². The van der Waals surface area contributed by atoms with E-state index in [4.69, 9.17) is 34.8 Å². The summed E-state index contributed by atoms with van der Waals surface area (Å²) in [7, 11) is -2.69. The number of halogens is 3. The van der Waals surface area contributed by atoms with E-state index >= 15 is 0 Å². The Morgan fingerprint density at radius 2 is 1.58 bits per heavy atom. The molecular weight excluding hydrogens is 569 g/mol. The summed E-state index contributed by atoms with van der Waals surface area (Å²) in [5, 5.41) is 3.76. The first-order valence-electron chi connectivity index (χ1n) is 11.8. The summed E-state index contributed by atoms with van der Waals surface area (Å²) in [6, 6.07) is 16.6. The van der Waals surface area contributed by atoms with Gasteiger partial charge in [-0.05, 0) is 66.9 Å². The summed E-state index contributed by atoms with van der Waals surface area (Å²) < 4.78 is 28.7. The second-order valence-corrected chi connectivity index (χ2v) is 11.7. The fourth-order valence-corrected chi connectivity index (χ4v) is 6.25. The number of carbonyl (C=O) groups excluding carboxylic acids is 2. The molecule has 3 rings (SSSR count). The predicted octanol–water partition coefficient (Wildman–Crippen LogP) is 5.70. The highest BCUT2D eigenvalue weighted by molar-refractivity contribution is 7.92. The number of likely N-dealkylation sites (N-methyl/N-ethyl adjacent to an activating group) is 1. The molecule has 0 aliphatic rings. The minimum absolute atomic E-state index is 0.0211. The molecule has 0 saturated carbocycles. The zero-order valence-electron chi connectivity index (χ0n) is 21.1. The van der Waals surface area contributed by atoms with E-state index in [1.807, 2.05) is 0 Å². The van der Waals surface area contributed by atoms with Crippen molar-refractivity contribution in [3.05, 3.63) is 92.9 Å². The smallest absolute Gasteiger partial charge is 0.264 e. The largest absolute Gasteiger partial charge is 0.357 e. The third kappa shape index (κ3) is 6.80. The van der Waals surface area contributed by atoms with E-state index in [2.05, 4.69) is 5.32 Å². The van der Waals surface area contributed by atoms with Crippen molar-refractivity contribution in [1.82, 2.24) is 10.2 Å². The molecule has 0 aromatic heterocycles. The zero-order chi connectivity index (χ0) is 28.0. The molecule has 2 amide bonds. The molecule has 0 spiro atoms. The Bertz CT molecular complexity index is 1420. The molecule has 11 heteroatoms. The van der Waals surface area contributed by atoms with Gasteiger partial charge in [0.2, 0.25) is 11.8 Å². The maximum atomic E-state index is 13.9. The van der Waals surface area contributed by atoms with Gasteiger partial charge < -0.3 is 10.2 Å². The van der Waals surface area contributed by atoms with Crippen LogP contribution in [0.4, 0.5) is 5.69 Å². The number of benzene rings is 3. The van der Waals surface area contributed by atoms with E-state index in [1.165, 1.54) is 24.1 Å². The van der Waals surface area contributed by atoms with Crippen LogP contribution in [0.5, 0.6) is 0 Å². The van der Waals surface area contributed by atoms with Gasteiger partial charge in [0, 0.05) is 28.7 Å². The Hall–Kier alpha value is -2.78. The Morgan fingerprint density at radius 1 is 0.947 bits per heavy atom. The highest BCUT2D eigenvalue weighted by Crippen LogP contribution is 2.30. The predicted molar refractivity (Wildman–Crippen MR) is 152 cm³/mol. The minimum Gasteiger partial charge on any atom is -0.357 e. The standard InChI is InChI=1S/C27H28Cl3N3O4S/c1-4-24(27(35)31-3)32(16-19-10-11-21(29)15-23(19)30)26(34)17-33(25-13-12-20(28)14-18(25)2)38(36,37)22-8-6-5-7-9-22/h5-15,24H,4,16-17H2,1-3H3,(H,31,35)/t24-/m0/s1. The molecule has 7 nitrogen and oxygen atoms in total. The Kier molecular flexibility index (Phi) is 10.1. The Labute approximate surface area is 238 Å². The second-order valence-electron chi connectivity index (χ2n) is 8.55. The lowest BCUT2D eigenvalue weighted by Gasteiger charge is -2.33. The number of hydrogen-bond donors (Lipinski definition) is 1. The Morgan fingerprint density at radius 3 is 2.16 bits per heavy atom. The van der Waals surface area contributed by atoms with E-state index in [0.717, 1.165) is 4.31 Å². The molecule has 0 aliphatic carbocycles. The zero-order valence-corrected chi connectivity index (χ0v) is 24.2. The number of sulfonamides is 1. The SMILES string of the molecule is CC[C@@H](C(=O)NC)N(Cc1ccc(Cl)cc1Cl)C(=O)CN(c1ccc(Cl)cc1C)S(=O)(=O)c1ccccc1. The molecule has 3 aromatic rings. The van der Waals surface area contributed by atoms with Gasteiger partial charge in [0.1, 0.15) is 12.6 Å². The van der Waals surface area contributed by atoms with Gasteiger partial charge in [0.05, 0.1) is 10.6 Å². The molecule has 38 heavy (non-hydrogen) atoms. The van der Waals surface area contributed by atoms with Gasteiger partial charge in [0.25, 0.3) is 10.0 Å². The summed E-state index contributed by atoms with van der Waals surface area (Å²) in [6.45, 7) is 2.90. The van der Waals surface area contributed by atoms with Gasteiger partial charge in [-0.15, -0.1) is 0 Å². The molecule has 0 radical (unpaired) electrons. The van der Waals surface area contributed by atoms with Gasteiger partial charge in [-0.1, -0.05) is 66.0 Å². The van der Waals surface area contributed by atoms with Gasteiger partial charge in [-0.2, -0.15) is 0 Å². The summed E-state index contributed by atoms with van der Waals surface area (Å²) in [6.07, 6.45) is 0.294. The number of aryl methyl sites for hydroxylation is 1. The lowest BCUT2D eigenvalue weighted by Crippen LogP contribution is -2.51. The second kappa shape index (κ2) is 12.8. The van der Waals surface area contributed by atoms with Gasteiger partial charge in [0.15, 0.2) is 0 Å². The van der Waals surface area contributed by atoms with Crippen LogP contribution >= 0.6 is 34.8 Å². The lowest BCUT2D eigenvalue weighted by atomic mass is 10.1. The van der Waals surface area contributed by atoms with E-state index in [-0.39, 0.29) is 17.3 Å². The van der Waals surface area contributed by atoms with Crippen molar-refractivity contribution >= 4 is 62.3 Å². The van der Waals surface area contributed by atoms with Crippen molar-refractivity contribution in [2.45, 2.75) is 37.8 Å². The third-order valence-corrected chi connectivity index (χ3v) is 8.62. The molecule has 0 aliphatic heterocycles. The van der Waals surface area contributed by atoms with Crippen LogP contribution in [0.25, 0.3) is 0 Å². The molecular formula is C27H28Cl3N3O4S. The van der Waals surface area contributed by atoms with Crippen molar-refractivity contribution in [3.8, 4) is 0 Å². The number of nitrogens with one attached hydrogen (secondary N) is 1. The topological polar surface area (TPSA) is 86.8 Å². The first-order valence-corrected chi connectivity index (χ1v) is 14.4. The van der Waals surface area contributed by atoms with Gasteiger partial charge >= 0.3 is 0 Å². The van der Waals surface area contributed by atoms with Crippen molar-refractivity contribution in [3.63, 3.8) is 0 Å². The average Bonchev–Trinajstić information content (AvgIpc) is 2.88. The van der Waals surface area contributed by atoms with E-state index in [0.29, 0.717) is 38.3 Å². The molecule has 202 valence electrons. The van der Waals surface area contributed by atoms with Crippen LogP contribution in [-0.2, 0) is 26.2 Å². The van der Waals surface area contributed by atoms with Crippen LogP contribution in [0.3, 0.4) is 0 Å². The molecule has 1 atom stereocenters. The Balaban J connectivity index is 2.10.